The molecule has 5 N–H and O–H groups in total. The van der Waals surface area contributed by atoms with Gasteiger partial charge in [-0.1, -0.05) is 0 Å². The summed E-state index contributed by atoms with van der Waals surface area (Å²) in [6.45, 7) is 2.27. The molecule has 1 saturated heterocycles. The van der Waals surface area contributed by atoms with Crippen molar-refractivity contribution in [1.82, 2.24) is 9.97 Å². The first-order valence-corrected chi connectivity index (χ1v) is 6.02. The van der Waals surface area contributed by atoms with Gasteiger partial charge in [-0.05, 0) is 6.92 Å². The molecule has 0 spiro atoms. The van der Waals surface area contributed by atoms with Gasteiger partial charge in [0.1, 0.15) is 11.9 Å². The van der Waals surface area contributed by atoms with E-state index in [2.05, 4.69) is 20.7 Å². The molecule has 0 bridgehead atoms. The molecule has 10 heteroatoms. The predicted octanol–water partition coefficient (Wildman–Crippen LogP) is -0.378. The highest BCUT2D eigenvalue weighted by molar-refractivity contribution is 5.68. The van der Waals surface area contributed by atoms with Gasteiger partial charge in [0.15, 0.2) is 0 Å². The van der Waals surface area contributed by atoms with E-state index in [4.69, 9.17) is 10.6 Å². The Balaban J connectivity index is 2.19. The smallest absolute Gasteiger partial charge is 0.354 e. The van der Waals surface area contributed by atoms with Gasteiger partial charge in [-0.25, -0.2) is 15.8 Å². The topological polar surface area (TPSA) is 148 Å². The zero-order valence-electron chi connectivity index (χ0n) is 10.9. The number of aromatic nitrogens is 2. The largest absolute Gasteiger partial charge is 0.385 e. The highest BCUT2D eigenvalue weighted by Crippen LogP contribution is 2.30. The van der Waals surface area contributed by atoms with Crippen molar-refractivity contribution in [3.8, 4) is 0 Å². The standard InChI is InChI=1S/C10H16N6O4/c1-6-10(17,2-3-20-6)4-12-8-7(16(18)19)9(15-11)14-5-13-8/h5-6,17H,2-4,11H2,1H3,(H2,12,13,14,15). The first kappa shape index (κ1) is 14.4. The van der Waals surface area contributed by atoms with Crippen LogP contribution in [-0.4, -0.2) is 44.9 Å². The molecule has 1 aromatic rings. The zero-order valence-corrected chi connectivity index (χ0v) is 10.9. The maximum absolute atomic E-state index is 11.0. The first-order chi connectivity index (χ1) is 9.48. The van der Waals surface area contributed by atoms with Crippen LogP contribution in [0.1, 0.15) is 13.3 Å². The minimum absolute atomic E-state index is 0.00882. The van der Waals surface area contributed by atoms with E-state index in [1.165, 1.54) is 0 Å². The Kier molecular flexibility index (Phi) is 3.97. The number of nitrogens with two attached hydrogens (primary N) is 1. The van der Waals surface area contributed by atoms with Crippen molar-refractivity contribution in [2.45, 2.75) is 25.0 Å². The molecule has 0 aromatic carbocycles. The third-order valence-corrected chi connectivity index (χ3v) is 3.36. The Bertz CT molecular complexity index is 513. The number of hydrogen-bond acceptors (Lipinski definition) is 9. The fraction of sp³-hybridized carbons (Fsp3) is 0.600. The summed E-state index contributed by atoms with van der Waals surface area (Å²) >= 11 is 0. The van der Waals surface area contributed by atoms with Crippen LogP contribution in [-0.2, 0) is 4.74 Å². The van der Waals surface area contributed by atoms with Gasteiger partial charge in [-0.15, -0.1) is 0 Å². The number of rotatable bonds is 5. The molecule has 1 fully saturated rings. The lowest BCUT2D eigenvalue weighted by atomic mass is 9.97. The maximum Gasteiger partial charge on any atom is 0.354 e. The molecule has 2 rings (SSSR count). The summed E-state index contributed by atoms with van der Waals surface area (Å²) < 4.78 is 5.29. The summed E-state index contributed by atoms with van der Waals surface area (Å²) in [7, 11) is 0. The van der Waals surface area contributed by atoms with Gasteiger partial charge in [-0.2, -0.15) is 0 Å². The van der Waals surface area contributed by atoms with E-state index in [0.717, 1.165) is 6.33 Å². The molecule has 0 saturated carbocycles. The van der Waals surface area contributed by atoms with Crippen molar-refractivity contribution in [1.29, 1.82) is 0 Å². The average Bonchev–Trinajstić information content (AvgIpc) is 2.76. The number of hydrogen-bond donors (Lipinski definition) is 4. The number of aliphatic hydroxyl groups is 1. The molecule has 2 unspecified atom stereocenters. The van der Waals surface area contributed by atoms with E-state index >= 15 is 0 Å². The van der Waals surface area contributed by atoms with E-state index in [-0.39, 0.29) is 30.0 Å². The Morgan fingerprint density at radius 3 is 2.90 bits per heavy atom. The normalized spacial score (nSPS) is 25.4. The van der Waals surface area contributed by atoms with Crippen LogP contribution in [0.15, 0.2) is 6.33 Å². The number of nitrogen functional groups attached to an aromatic ring is 1. The van der Waals surface area contributed by atoms with Gasteiger partial charge in [0.2, 0.25) is 11.6 Å². The molecule has 110 valence electrons. The molecule has 20 heavy (non-hydrogen) atoms. The Labute approximate surface area is 114 Å². The Morgan fingerprint density at radius 1 is 1.65 bits per heavy atom. The number of nitrogens with zero attached hydrogens (tertiary/aromatic N) is 3. The fourth-order valence-electron chi connectivity index (χ4n) is 2.03. The first-order valence-electron chi connectivity index (χ1n) is 6.02. The van der Waals surface area contributed by atoms with Crippen LogP contribution in [0.25, 0.3) is 0 Å². The van der Waals surface area contributed by atoms with E-state index in [9.17, 15) is 15.2 Å². The summed E-state index contributed by atoms with van der Waals surface area (Å²) in [4.78, 5) is 17.9. The second kappa shape index (κ2) is 5.53. The maximum atomic E-state index is 11.0. The molecule has 1 aliphatic rings. The van der Waals surface area contributed by atoms with E-state index in [1.807, 2.05) is 0 Å². The van der Waals surface area contributed by atoms with Crippen LogP contribution in [0.2, 0.25) is 0 Å². The van der Waals surface area contributed by atoms with Crippen LogP contribution in [0.5, 0.6) is 0 Å². The minimum atomic E-state index is -1.09. The number of nitrogens with one attached hydrogen (secondary N) is 2. The monoisotopic (exact) mass is 284 g/mol. The summed E-state index contributed by atoms with van der Waals surface area (Å²) in [6, 6.07) is 0. The number of anilines is 2. The highest BCUT2D eigenvalue weighted by Gasteiger charge is 2.40. The average molecular weight is 284 g/mol. The van der Waals surface area contributed by atoms with Gasteiger partial charge in [0.25, 0.3) is 0 Å². The summed E-state index contributed by atoms with van der Waals surface area (Å²) in [5.74, 6) is 5.07. The second-order valence-corrected chi connectivity index (χ2v) is 4.54. The predicted molar refractivity (Wildman–Crippen MR) is 70.0 cm³/mol. The van der Waals surface area contributed by atoms with Gasteiger partial charge in [-0.3, -0.25) is 10.1 Å². The van der Waals surface area contributed by atoms with Gasteiger partial charge < -0.3 is 20.6 Å². The van der Waals surface area contributed by atoms with E-state index < -0.39 is 10.5 Å². The quantitative estimate of drug-likeness (QED) is 0.322. The molecule has 0 radical (unpaired) electrons. The summed E-state index contributed by atoms with van der Waals surface area (Å²) in [5.41, 5.74) is 0.685. The van der Waals surface area contributed by atoms with Crippen LogP contribution >= 0.6 is 0 Å². The highest BCUT2D eigenvalue weighted by atomic mass is 16.6. The minimum Gasteiger partial charge on any atom is -0.385 e. The molecular formula is C10H16N6O4. The van der Waals surface area contributed by atoms with Crippen molar-refractivity contribution < 1.29 is 14.8 Å². The van der Waals surface area contributed by atoms with Crippen molar-refractivity contribution in [2.24, 2.45) is 5.84 Å². The molecule has 0 amide bonds. The summed E-state index contributed by atoms with van der Waals surface area (Å²) in [6.07, 6.45) is 1.23. The molecule has 1 aromatic heterocycles. The Morgan fingerprint density at radius 2 is 2.35 bits per heavy atom. The molecule has 0 aliphatic carbocycles. The van der Waals surface area contributed by atoms with Crippen LogP contribution in [0, 0.1) is 10.1 Å². The lowest BCUT2D eigenvalue weighted by Gasteiger charge is -2.26. The van der Waals surface area contributed by atoms with Crippen LogP contribution in [0.4, 0.5) is 17.3 Å². The Hall–Kier alpha value is -2.04. The molecule has 1 aliphatic heterocycles. The van der Waals surface area contributed by atoms with Crippen LogP contribution < -0.4 is 16.6 Å². The second-order valence-electron chi connectivity index (χ2n) is 4.54. The van der Waals surface area contributed by atoms with Crippen molar-refractivity contribution in [2.75, 3.05) is 23.9 Å². The van der Waals surface area contributed by atoms with Gasteiger partial charge in [0, 0.05) is 19.6 Å². The number of ether oxygens (including phenoxy) is 1. The third kappa shape index (κ3) is 2.61. The molecule has 10 nitrogen and oxygen atoms in total. The molecule has 2 heterocycles. The fourth-order valence-corrected chi connectivity index (χ4v) is 2.03. The molecular weight excluding hydrogens is 268 g/mol. The number of hydrazine groups is 1. The van der Waals surface area contributed by atoms with E-state index in [1.54, 1.807) is 6.92 Å². The van der Waals surface area contributed by atoms with E-state index in [0.29, 0.717) is 13.0 Å². The van der Waals surface area contributed by atoms with Gasteiger partial charge >= 0.3 is 5.69 Å². The third-order valence-electron chi connectivity index (χ3n) is 3.36. The van der Waals surface area contributed by atoms with Crippen molar-refractivity contribution >= 4 is 17.3 Å². The van der Waals surface area contributed by atoms with Crippen molar-refractivity contribution in [3.63, 3.8) is 0 Å². The number of nitro groups is 1. The van der Waals surface area contributed by atoms with Crippen molar-refractivity contribution in [3.05, 3.63) is 16.4 Å². The zero-order chi connectivity index (χ0) is 14.8. The lowest BCUT2D eigenvalue weighted by Crippen LogP contribution is -2.43. The van der Waals surface area contributed by atoms with Gasteiger partial charge in [0.05, 0.1) is 11.0 Å². The summed E-state index contributed by atoms with van der Waals surface area (Å²) in [5, 5.41) is 24.1. The van der Waals surface area contributed by atoms with Crippen LogP contribution in [0.3, 0.4) is 0 Å². The molecule has 2 atom stereocenters. The lowest BCUT2D eigenvalue weighted by molar-refractivity contribution is -0.383. The SMILES string of the molecule is CC1OCCC1(O)CNc1ncnc(NN)c1[N+](=O)[O-].